The number of hydrogen-bond donors (Lipinski definition) is 1. The first-order valence-corrected chi connectivity index (χ1v) is 6.47. The molecule has 2 atom stereocenters. The molecule has 0 spiro atoms. The first-order valence-electron chi connectivity index (χ1n) is 6.47. The second-order valence-electron chi connectivity index (χ2n) is 4.81. The van der Waals surface area contributed by atoms with Gasteiger partial charge in [0.1, 0.15) is 0 Å². The van der Waals surface area contributed by atoms with Gasteiger partial charge in [0.15, 0.2) is 0 Å². The van der Waals surface area contributed by atoms with Crippen molar-refractivity contribution in [2.45, 2.75) is 39.0 Å². The van der Waals surface area contributed by atoms with Crippen LogP contribution in [0.2, 0.25) is 0 Å². The van der Waals surface area contributed by atoms with Crippen molar-refractivity contribution in [3.63, 3.8) is 0 Å². The smallest absolute Gasteiger partial charge is 0.0469 e. The first-order chi connectivity index (χ1) is 7.83. The van der Waals surface area contributed by atoms with Gasteiger partial charge in [-0.1, -0.05) is 19.9 Å². The third-order valence-electron chi connectivity index (χ3n) is 3.72. The Morgan fingerprint density at radius 2 is 2.44 bits per heavy atom. The molecule has 2 unspecified atom stereocenters. The molecule has 1 aliphatic rings. The van der Waals surface area contributed by atoms with Crippen LogP contribution in [0.1, 0.15) is 43.9 Å². The van der Waals surface area contributed by atoms with Crippen molar-refractivity contribution in [3.05, 3.63) is 29.6 Å². The maximum absolute atomic E-state index is 4.57. The minimum absolute atomic E-state index is 0.690. The quantitative estimate of drug-likeness (QED) is 0.769. The Bertz CT molecular complexity index is 335. The summed E-state index contributed by atoms with van der Waals surface area (Å²) in [6.07, 6.45) is 5.71. The van der Waals surface area contributed by atoms with Crippen LogP contribution in [0.3, 0.4) is 0 Å². The highest BCUT2D eigenvalue weighted by molar-refractivity contribution is 5.28. The van der Waals surface area contributed by atoms with Crippen molar-refractivity contribution in [3.8, 4) is 0 Å². The zero-order valence-electron chi connectivity index (χ0n) is 10.4. The van der Waals surface area contributed by atoms with Crippen LogP contribution in [-0.4, -0.2) is 18.1 Å². The molecule has 0 radical (unpaired) electrons. The fourth-order valence-corrected chi connectivity index (χ4v) is 2.71. The lowest BCUT2D eigenvalue weighted by molar-refractivity contribution is 0.411. The Morgan fingerprint density at radius 1 is 1.56 bits per heavy atom. The monoisotopic (exact) mass is 218 g/mol. The van der Waals surface area contributed by atoms with Gasteiger partial charge in [0.2, 0.25) is 0 Å². The predicted molar refractivity (Wildman–Crippen MR) is 67.6 cm³/mol. The number of nitrogens with zero attached hydrogens (tertiary/aromatic N) is 1. The topological polar surface area (TPSA) is 24.9 Å². The molecule has 16 heavy (non-hydrogen) atoms. The van der Waals surface area contributed by atoms with E-state index < -0.39 is 0 Å². The van der Waals surface area contributed by atoms with Crippen molar-refractivity contribution in [2.24, 2.45) is 5.92 Å². The van der Waals surface area contributed by atoms with Crippen LogP contribution in [0.4, 0.5) is 0 Å². The van der Waals surface area contributed by atoms with Crippen LogP contribution >= 0.6 is 0 Å². The lowest BCUT2D eigenvalue weighted by Gasteiger charge is -2.19. The Balaban J connectivity index is 1.96. The van der Waals surface area contributed by atoms with E-state index >= 15 is 0 Å². The maximum atomic E-state index is 4.57. The lowest BCUT2D eigenvalue weighted by Crippen LogP contribution is -2.19. The Kier molecular flexibility index (Phi) is 3.94. The number of rotatable bonds is 5. The summed E-state index contributed by atoms with van der Waals surface area (Å²) in [5.41, 5.74) is 2.84. The second-order valence-corrected chi connectivity index (χ2v) is 4.81. The SMILES string of the molecule is CCNCCC(C)C1CCc2cccnc21. The summed E-state index contributed by atoms with van der Waals surface area (Å²) < 4.78 is 0. The summed E-state index contributed by atoms with van der Waals surface area (Å²) in [6.45, 7) is 6.74. The van der Waals surface area contributed by atoms with Gasteiger partial charge in [-0.05, 0) is 49.9 Å². The van der Waals surface area contributed by atoms with E-state index in [1.807, 2.05) is 6.20 Å². The molecule has 0 fully saturated rings. The van der Waals surface area contributed by atoms with Gasteiger partial charge in [0.05, 0.1) is 0 Å². The van der Waals surface area contributed by atoms with Gasteiger partial charge in [-0.15, -0.1) is 0 Å². The van der Waals surface area contributed by atoms with E-state index in [0.717, 1.165) is 19.0 Å². The second kappa shape index (κ2) is 5.44. The Hall–Kier alpha value is -0.890. The number of hydrogen-bond acceptors (Lipinski definition) is 2. The third-order valence-corrected chi connectivity index (χ3v) is 3.72. The summed E-state index contributed by atoms with van der Waals surface area (Å²) in [6, 6.07) is 4.30. The van der Waals surface area contributed by atoms with Crippen LogP contribution in [-0.2, 0) is 6.42 Å². The highest BCUT2D eigenvalue weighted by atomic mass is 14.8. The minimum Gasteiger partial charge on any atom is -0.317 e. The molecule has 1 heterocycles. The average molecular weight is 218 g/mol. The van der Waals surface area contributed by atoms with Crippen LogP contribution in [0.5, 0.6) is 0 Å². The van der Waals surface area contributed by atoms with Gasteiger partial charge in [0.25, 0.3) is 0 Å². The van der Waals surface area contributed by atoms with Gasteiger partial charge in [-0.2, -0.15) is 0 Å². The van der Waals surface area contributed by atoms with E-state index in [2.05, 4.69) is 36.3 Å². The van der Waals surface area contributed by atoms with Gasteiger partial charge < -0.3 is 5.32 Å². The zero-order valence-corrected chi connectivity index (χ0v) is 10.4. The molecule has 1 N–H and O–H groups in total. The Morgan fingerprint density at radius 3 is 3.25 bits per heavy atom. The van der Waals surface area contributed by atoms with E-state index in [4.69, 9.17) is 0 Å². The van der Waals surface area contributed by atoms with E-state index in [1.165, 1.54) is 30.5 Å². The summed E-state index contributed by atoms with van der Waals surface area (Å²) in [7, 11) is 0. The molecule has 0 aliphatic heterocycles. The molecule has 0 saturated carbocycles. The lowest BCUT2D eigenvalue weighted by atomic mass is 9.89. The molecule has 1 aliphatic carbocycles. The molecule has 0 bridgehead atoms. The minimum atomic E-state index is 0.690. The molecule has 1 aromatic heterocycles. The number of nitrogens with one attached hydrogen (secondary N) is 1. The summed E-state index contributed by atoms with van der Waals surface area (Å²) in [4.78, 5) is 4.57. The summed E-state index contributed by atoms with van der Waals surface area (Å²) in [5.74, 6) is 1.44. The van der Waals surface area contributed by atoms with Gasteiger partial charge in [0, 0.05) is 17.8 Å². The fraction of sp³-hybridized carbons (Fsp3) is 0.643. The number of pyridine rings is 1. The normalized spacial score (nSPS) is 20.8. The number of fused-ring (bicyclic) bond motifs is 1. The molecular formula is C14H22N2. The molecule has 2 rings (SSSR count). The van der Waals surface area contributed by atoms with E-state index in [9.17, 15) is 0 Å². The molecule has 0 aromatic carbocycles. The highest BCUT2D eigenvalue weighted by Gasteiger charge is 2.27. The third kappa shape index (κ3) is 2.43. The van der Waals surface area contributed by atoms with Gasteiger partial charge in [-0.25, -0.2) is 0 Å². The summed E-state index contributed by atoms with van der Waals surface area (Å²) >= 11 is 0. The fourth-order valence-electron chi connectivity index (χ4n) is 2.71. The molecule has 1 aromatic rings. The van der Waals surface area contributed by atoms with Crippen LogP contribution < -0.4 is 5.32 Å². The standard InChI is InChI=1S/C14H22N2/c1-3-15-10-8-11(2)13-7-6-12-5-4-9-16-14(12)13/h4-5,9,11,13,15H,3,6-8,10H2,1-2H3. The molecule has 2 heteroatoms. The van der Waals surface area contributed by atoms with Crippen molar-refractivity contribution in [1.82, 2.24) is 10.3 Å². The van der Waals surface area contributed by atoms with Gasteiger partial charge in [-0.3, -0.25) is 4.98 Å². The number of aryl methyl sites for hydroxylation is 1. The van der Waals surface area contributed by atoms with E-state index in [-0.39, 0.29) is 0 Å². The van der Waals surface area contributed by atoms with Crippen LogP contribution in [0, 0.1) is 5.92 Å². The highest BCUT2D eigenvalue weighted by Crippen LogP contribution is 2.37. The largest absolute Gasteiger partial charge is 0.317 e. The average Bonchev–Trinajstić information content (AvgIpc) is 2.73. The maximum Gasteiger partial charge on any atom is 0.0469 e. The molecular weight excluding hydrogens is 196 g/mol. The van der Waals surface area contributed by atoms with E-state index in [0.29, 0.717) is 5.92 Å². The van der Waals surface area contributed by atoms with Gasteiger partial charge >= 0.3 is 0 Å². The molecule has 0 amide bonds. The Labute approximate surface area is 98.5 Å². The van der Waals surface area contributed by atoms with Crippen molar-refractivity contribution < 1.29 is 0 Å². The summed E-state index contributed by atoms with van der Waals surface area (Å²) in [5, 5.41) is 3.41. The van der Waals surface area contributed by atoms with Crippen molar-refractivity contribution in [2.75, 3.05) is 13.1 Å². The van der Waals surface area contributed by atoms with Crippen LogP contribution in [0.15, 0.2) is 18.3 Å². The molecule has 0 saturated heterocycles. The van der Waals surface area contributed by atoms with E-state index in [1.54, 1.807) is 0 Å². The molecule has 88 valence electrons. The predicted octanol–water partition coefficient (Wildman–Crippen LogP) is 2.75. The van der Waals surface area contributed by atoms with Crippen molar-refractivity contribution >= 4 is 0 Å². The molecule has 2 nitrogen and oxygen atoms in total. The number of aromatic nitrogens is 1. The van der Waals surface area contributed by atoms with Crippen molar-refractivity contribution in [1.29, 1.82) is 0 Å². The first kappa shape index (κ1) is 11.6. The zero-order chi connectivity index (χ0) is 11.4. The van der Waals surface area contributed by atoms with Crippen LogP contribution in [0.25, 0.3) is 0 Å².